The SMILES string of the molecule is CCOCCN1CCC(N2CCN(c3cc(C(=O)O)nc4c3c(C(C)C)nn4-c3ccc(F)cc3)CC2)CC1. The van der Waals surface area contributed by atoms with E-state index in [2.05, 4.69) is 33.5 Å². The third-order valence-corrected chi connectivity index (χ3v) is 7.97. The Labute approximate surface area is 229 Å². The molecule has 0 saturated carbocycles. The van der Waals surface area contributed by atoms with Gasteiger partial charge in [0.2, 0.25) is 0 Å². The lowest BCUT2D eigenvalue weighted by atomic mass is 10.0. The molecule has 5 rings (SSSR count). The minimum atomic E-state index is -1.08. The number of hydrogen-bond acceptors (Lipinski definition) is 7. The van der Waals surface area contributed by atoms with Gasteiger partial charge >= 0.3 is 5.97 Å². The number of carbonyl (C=O) groups is 1. The predicted octanol–water partition coefficient (Wildman–Crippen LogP) is 4.00. The molecule has 0 bridgehead atoms. The van der Waals surface area contributed by atoms with Crippen molar-refractivity contribution in [3.63, 3.8) is 0 Å². The number of anilines is 1. The zero-order valence-electron chi connectivity index (χ0n) is 23.1. The number of likely N-dealkylation sites (tertiary alicyclic amines) is 1. The van der Waals surface area contributed by atoms with Crippen molar-refractivity contribution in [2.24, 2.45) is 0 Å². The Morgan fingerprint density at radius 3 is 2.41 bits per heavy atom. The van der Waals surface area contributed by atoms with Crippen molar-refractivity contribution >= 4 is 22.7 Å². The van der Waals surface area contributed by atoms with Crippen LogP contribution in [0.5, 0.6) is 0 Å². The van der Waals surface area contributed by atoms with Gasteiger partial charge in [0.25, 0.3) is 0 Å². The topological polar surface area (TPSA) is 87.0 Å². The molecule has 210 valence electrons. The van der Waals surface area contributed by atoms with Crippen LogP contribution in [0.3, 0.4) is 0 Å². The molecule has 2 saturated heterocycles. The first-order chi connectivity index (χ1) is 18.9. The highest BCUT2D eigenvalue weighted by atomic mass is 19.1. The molecular formula is C29H39FN6O3. The van der Waals surface area contributed by atoms with Crippen molar-refractivity contribution in [3.8, 4) is 5.69 Å². The lowest BCUT2D eigenvalue weighted by molar-refractivity contribution is 0.0690. The van der Waals surface area contributed by atoms with E-state index in [1.54, 1.807) is 22.9 Å². The van der Waals surface area contributed by atoms with E-state index in [1.807, 2.05) is 6.92 Å². The van der Waals surface area contributed by atoms with E-state index in [1.165, 1.54) is 12.1 Å². The van der Waals surface area contributed by atoms with Crippen molar-refractivity contribution in [1.82, 2.24) is 24.6 Å². The van der Waals surface area contributed by atoms with Crippen LogP contribution in [0, 0.1) is 5.82 Å². The zero-order valence-corrected chi connectivity index (χ0v) is 23.1. The molecule has 4 heterocycles. The maximum absolute atomic E-state index is 13.6. The Morgan fingerprint density at radius 2 is 1.79 bits per heavy atom. The molecule has 3 aromatic rings. The van der Waals surface area contributed by atoms with Crippen LogP contribution in [-0.2, 0) is 4.74 Å². The number of halogens is 1. The first-order valence-electron chi connectivity index (χ1n) is 14.1. The molecule has 2 fully saturated rings. The fraction of sp³-hybridized carbons (Fsp3) is 0.552. The third kappa shape index (κ3) is 5.92. The maximum atomic E-state index is 13.6. The molecule has 2 aliphatic heterocycles. The number of aromatic carboxylic acids is 1. The second kappa shape index (κ2) is 12.0. The van der Waals surface area contributed by atoms with Crippen molar-refractivity contribution in [2.75, 3.05) is 63.9 Å². The van der Waals surface area contributed by atoms with E-state index in [0.717, 1.165) is 88.6 Å². The molecule has 9 nitrogen and oxygen atoms in total. The minimum absolute atomic E-state index is 0.0158. The summed E-state index contributed by atoms with van der Waals surface area (Å²) < 4.78 is 20.8. The summed E-state index contributed by atoms with van der Waals surface area (Å²) >= 11 is 0. The number of aromatic nitrogens is 3. The molecule has 10 heteroatoms. The number of rotatable bonds is 9. The number of nitrogens with zero attached hydrogens (tertiary/aromatic N) is 6. The first kappa shape index (κ1) is 27.5. The van der Waals surface area contributed by atoms with Gasteiger partial charge < -0.3 is 19.6 Å². The normalized spacial score (nSPS) is 17.9. The smallest absolute Gasteiger partial charge is 0.354 e. The van der Waals surface area contributed by atoms with E-state index >= 15 is 0 Å². The van der Waals surface area contributed by atoms with Crippen molar-refractivity contribution in [3.05, 3.63) is 47.5 Å². The molecule has 0 radical (unpaired) electrons. The van der Waals surface area contributed by atoms with E-state index in [-0.39, 0.29) is 17.4 Å². The van der Waals surface area contributed by atoms with E-state index < -0.39 is 5.97 Å². The van der Waals surface area contributed by atoms with E-state index in [0.29, 0.717) is 17.4 Å². The Balaban J connectivity index is 1.38. The Hall–Kier alpha value is -3.08. The first-order valence-corrected chi connectivity index (χ1v) is 14.1. The van der Waals surface area contributed by atoms with Crippen LogP contribution in [-0.4, -0.2) is 101 Å². The van der Waals surface area contributed by atoms with E-state index in [9.17, 15) is 14.3 Å². The average molecular weight is 539 g/mol. The lowest BCUT2D eigenvalue weighted by Gasteiger charge is -2.43. The van der Waals surface area contributed by atoms with Gasteiger partial charge in [0, 0.05) is 45.4 Å². The molecule has 1 N–H and O–H groups in total. The minimum Gasteiger partial charge on any atom is -0.477 e. The van der Waals surface area contributed by atoms with Crippen LogP contribution < -0.4 is 4.90 Å². The molecule has 0 atom stereocenters. The molecule has 0 unspecified atom stereocenters. The van der Waals surface area contributed by atoms with Crippen LogP contribution in [0.25, 0.3) is 16.7 Å². The number of piperazine rings is 1. The van der Waals surface area contributed by atoms with Gasteiger partial charge in [-0.25, -0.2) is 18.9 Å². The fourth-order valence-corrected chi connectivity index (χ4v) is 5.82. The molecule has 2 aromatic heterocycles. The molecule has 39 heavy (non-hydrogen) atoms. The highest BCUT2D eigenvalue weighted by molar-refractivity contribution is 5.98. The Kier molecular flexibility index (Phi) is 8.44. The van der Waals surface area contributed by atoms with Crippen molar-refractivity contribution in [2.45, 2.75) is 45.6 Å². The monoisotopic (exact) mass is 538 g/mol. The summed E-state index contributed by atoms with van der Waals surface area (Å²) in [4.78, 5) is 24.0. The number of fused-ring (bicyclic) bond motifs is 1. The van der Waals surface area contributed by atoms with Gasteiger partial charge in [-0.2, -0.15) is 5.10 Å². The third-order valence-electron chi connectivity index (χ3n) is 7.97. The van der Waals surface area contributed by atoms with Crippen LogP contribution in [0.1, 0.15) is 55.7 Å². The number of piperidine rings is 1. The zero-order chi connectivity index (χ0) is 27.5. The summed E-state index contributed by atoms with van der Waals surface area (Å²) in [7, 11) is 0. The summed E-state index contributed by atoms with van der Waals surface area (Å²) in [6.07, 6.45) is 2.33. The van der Waals surface area contributed by atoms with Crippen molar-refractivity contribution < 1.29 is 19.0 Å². The molecule has 0 spiro atoms. The summed E-state index contributed by atoms with van der Waals surface area (Å²) in [5.41, 5.74) is 2.84. The summed E-state index contributed by atoms with van der Waals surface area (Å²) in [6.45, 7) is 14.4. The summed E-state index contributed by atoms with van der Waals surface area (Å²) in [5, 5.41) is 15.6. The number of carboxylic acid groups (broad SMARTS) is 1. The average Bonchev–Trinajstić information content (AvgIpc) is 3.34. The van der Waals surface area contributed by atoms with Gasteiger partial charge in [-0.1, -0.05) is 13.8 Å². The van der Waals surface area contributed by atoms with Crippen molar-refractivity contribution in [1.29, 1.82) is 0 Å². The standard InChI is InChI=1S/C29H39FN6O3/c1-4-39-18-17-33-11-9-22(10-12-33)34-13-15-35(16-14-34)25-19-24(29(37)38)31-28-26(25)27(20(2)3)32-36(28)23-7-5-21(30)6-8-23/h5-8,19-20,22H,4,9-18H2,1-3H3,(H,37,38). The van der Waals surface area contributed by atoms with Crippen LogP contribution in [0.2, 0.25) is 0 Å². The second-order valence-electron chi connectivity index (χ2n) is 10.8. The molecule has 0 amide bonds. The van der Waals surface area contributed by atoms with Crippen LogP contribution >= 0.6 is 0 Å². The number of carboxylic acids is 1. The fourth-order valence-electron chi connectivity index (χ4n) is 5.82. The number of hydrogen-bond donors (Lipinski definition) is 1. The number of benzene rings is 1. The molecular weight excluding hydrogens is 499 g/mol. The number of pyridine rings is 1. The molecule has 2 aliphatic rings. The molecule has 0 aliphatic carbocycles. The second-order valence-corrected chi connectivity index (χ2v) is 10.8. The summed E-state index contributed by atoms with van der Waals surface area (Å²) in [6, 6.07) is 8.31. The predicted molar refractivity (Wildman–Crippen MR) is 150 cm³/mol. The van der Waals surface area contributed by atoms with Crippen LogP contribution in [0.15, 0.2) is 30.3 Å². The van der Waals surface area contributed by atoms with Gasteiger partial charge in [-0.05, 0) is 69.1 Å². The van der Waals surface area contributed by atoms with Gasteiger partial charge in [-0.15, -0.1) is 0 Å². The van der Waals surface area contributed by atoms with Gasteiger partial charge in [0.15, 0.2) is 11.3 Å². The van der Waals surface area contributed by atoms with Gasteiger partial charge in [0.05, 0.1) is 29.1 Å². The largest absolute Gasteiger partial charge is 0.477 e. The summed E-state index contributed by atoms with van der Waals surface area (Å²) in [5.74, 6) is -1.32. The Morgan fingerprint density at radius 1 is 1.10 bits per heavy atom. The lowest BCUT2D eigenvalue weighted by Crippen LogP contribution is -2.53. The van der Waals surface area contributed by atoms with Gasteiger partial charge in [0.1, 0.15) is 5.82 Å². The quantitative estimate of drug-likeness (QED) is 0.409. The van der Waals surface area contributed by atoms with Gasteiger partial charge in [-0.3, -0.25) is 4.90 Å². The highest BCUT2D eigenvalue weighted by Crippen LogP contribution is 2.35. The Bertz CT molecular complexity index is 1280. The molecule has 1 aromatic carbocycles. The van der Waals surface area contributed by atoms with E-state index in [4.69, 9.17) is 9.84 Å². The highest BCUT2D eigenvalue weighted by Gasteiger charge is 2.30. The maximum Gasteiger partial charge on any atom is 0.354 e. The number of ether oxygens (including phenoxy) is 1. The van der Waals surface area contributed by atoms with Crippen LogP contribution in [0.4, 0.5) is 10.1 Å².